The Labute approximate surface area is 108 Å². The number of halogens is 1. The van der Waals surface area contributed by atoms with Crippen LogP contribution in [0.5, 0.6) is 0 Å². The van der Waals surface area contributed by atoms with E-state index in [1.54, 1.807) is 12.1 Å². The first-order valence-electron chi connectivity index (χ1n) is 5.17. The van der Waals surface area contributed by atoms with E-state index in [1.807, 2.05) is 0 Å². The van der Waals surface area contributed by atoms with Gasteiger partial charge in [-0.05, 0) is 25.1 Å². The van der Waals surface area contributed by atoms with Gasteiger partial charge in [-0.2, -0.15) is 0 Å². The van der Waals surface area contributed by atoms with Gasteiger partial charge in [0, 0.05) is 16.8 Å². The van der Waals surface area contributed by atoms with Crippen LogP contribution in [0.25, 0.3) is 0 Å². The van der Waals surface area contributed by atoms with Crippen molar-refractivity contribution in [1.82, 2.24) is 0 Å². The fraction of sp³-hybridized carbons (Fsp3) is 0.250. The van der Waals surface area contributed by atoms with E-state index < -0.39 is 23.3 Å². The minimum atomic E-state index is -1.95. The summed E-state index contributed by atoms with van der Waals surface area (Å²) in [6, 6.07) is 4.56. The van der Waals surface area contributed by atoms with Crippen molar-refractivity contribution in [3.63, 3.8) is 0 Å². The summed E-state index contributed by atoms with van der Waals surface area (Å²) in [5.74, 6) is -3.64. The third-order valence-corrected chi connectivity index (χ3v) is 3.12. The van der Waals surface area contributed by atoms with Gasteiger partial charge in [0.25, 0.3) is 0 Å². The van der Waals surface area contributed by atoms with Gasteiger partial charge in [0.2, 0.25) is 0 Å². The Kier molecular flexibility index (Phi) is 2.96. The molecular formula is C12H10ClNO4. The molecule has 0 saturated heterocycles. The Morgan fingerprint density at radius 2 is 2.11 bits per heavy atom. The second-order valence-corrected chi connectivity index (χ2v) is 4.56. The van der Waals surface area contributed by atoms with Crippen molar-refractivity contribution in [3.8, 4) is 0 Å². The topological polar surface area (TPSA) is 87.0 Å². The molecule has 1 aliphatic rings. The number of nitrogens with zero attached hydrogens (tertiary/aromatic N) is 1. The Balaban J connectivity index is 2.59. The van der Waals surface area contributed by atoms with E-state index in [4.69, 9.17) is 16.7 Å². The second kappa shape index (κ2) is 4.19. The number of hydrogen-bond donors (Lipinski definition) is 2. The minimum Gasteiger partial charge on any atom is -0.481 e. The first kappa shape index (κ1) is 12.7. The van der Waals surface area contributed by atoms with Crippen molar-refractivity contribution < 1.29 is 19.8 Å². The number of carboxylic acids is 1. The summed E-state index contributed by atoms with van der Waals surface area (Å²) in [6.07, 6.45) is 1.08. The van der Waals surface area contributed by atoms with E-state index in [9.17, 15) is 14.7 Å². The number of Topliss-reactive ketones (excluding diaryl/α,β-unsaturated/α-hetero) is 1. The molecule has 0 amide bonds. The van der Waals surface area contributed by atoms with Gasteiger partial charge in [-0.15, -0.1) is 0 Å². The molecule has 0 saturated carbocycles. The number of carbonyl (C=O) groups excluding carboxylic acids is 1. The largest absolute Gasteiger partial charge is 0.481 e. The lowest BCUT2D eigenvalue weighted by Gasteiger charge is -2.26. The maximum atomic E-state index is 11.4. The van der Waals surface area contributed by atoms with Crippen molar-refractivity contribution >= 4 is 35.3 Å². The Hall–Kier alpha value is -1.72. The minimum absolute atomic E-state index is 0.234. The molecule has 6 heteroatoms. The van der Waals surface area contributed by atoms with E-state index in [0.29, 0.717) is 10.7 Å². The number of fused-ring (bicyclic) bond motifs is 1. The highest BCUT2D eigenvalue weighted by atomic mass is 35.5. The van der Waals surface area contributed by atoms with Crippen molar-refractivity contribution in [2.45, 2.75) is 12.5 Å². The summed E-state index contributed by atoms with van der Waals surface area (Å²) in [5, 5.41) is 19.9. The number of aliphatic imine (C=N–C) groups is 1. The molecule has 18 heavy (non-hydrogen) atoms. The van der Waals surface area contributed by atoms with E-state index >= 15 is 0 Å². The fourth-order valence-corrected chi connectivity index (χ4v) is 2.25. The van der Waals surface area contributed by atoms with Crippen LogP contribution in [-0.4, -0.2) is 28.2 Å². The lowest BCUT2D eigenvalue weighted by atomic mass is 9.81. The molecule has 1 aromatic rings. The molecule has 0 radical (unpaired) electrons. The monoisotopic (exact) mass is 267 g/mol. The highest BCUT2D eigenvalue weighted by Crippen LogP contribution is 2.41. The van der Waals surface area contributed by atoms with Crippen LogP contribution in [0.2, 0.25) is 5.02 Å². The third kappa shape index (κ3) is 1.81. The van der Waals surface area contributed by atoms with Crippen LogP contribution in [0.15, 0.2) is 23.2 Å². The summed E-state index contributed by atoms with van der Waals surface area (Å²) in [4.78, 5) is 26.5. The van der Waals surface area contributed by atoms with E-state index in [1.165, 1.54) is 6.07 Å². The van der Waals surface area contributed by atoms with Gasteiger partial charge < -0.3 is 10.2 Å². The van der Waals surface area contributed by atoms with E-state index in [2.05, 4.69) is 4.99 Å². The summed E-state index contributed by atoms with van der Waals surface area (Å²) < 4.78 is 0. The SMILES string of the molecule is CC(=O)C(C(=O)O)C1(O)C=Nc2ccc(Cl)cc21. The number of carboxylic acid groups (broad SMARTS) is 1. The highest BCUT2D eigenvalue weighted by molar-refractivity contribution is 6.30. The van der Waals surface area contributed by atoms with Gasteiger partial charge in [0.15, 0.2) is 5.92 Å². The van der Waals surface area contributed by atoms with Crippen LogP contribution in [-0.2, 0) is 15.2 Å². The maximum absolute atomic E-state index is 11.4. The first-order chi connectivity index (χ1) is 8.36. The number of aliphatic hydroxyl groups is 1. The van der Waals surface area contributed by atoms with Gasteiger partial charge in [-0.1, -0.05) is 11.6 Å². The van der Waals surface area contributed by atoms with Crippen molar-refractivity contribution in [2.75, 3.05) is 0 Å². The molecule has 94 valence electrons. The third-order valence-electron chi connectivity index (χ3n) is 2.88. The van der Waals surface area contributed by atoms with Gasteiger partial charge >= 0.3 is 5.97 Å². The molecular weight excluding hydrogens is 258 g/mol. The quantitative estimate of drug-likeness (QED) is 0.813. The zero-order valence-corrected chi connectivity index (χ0v) is 10.2. The molecule has 2 N–H and O–H groups in total. The molecule has 1 aliphatic heterocycles. The Morgan fingerprint density at radius 1 is 1.44 bits per heavy atom. The fourth-order valence-electron chi connectivity index (χ4n) is 2.08. The lowest BCUT2D eigenvalue weighted by molar-refractivity contribution is -0.153. The lowest BCUT2D eigenvalue weighted by Crippen LogP contribution is -2.43. The zero-order chi connectivity index (χ0) is 13.5. The number of ketones is 1. The molecule has 2 unspecified atom stereocenters. The van der Waals surface area contributed by atoms with Gasteiger partial charge in [-0.3, -0.25) is 14.6 Å². The average molecular weight is 268 g/mol. The summed E-state index contributed by atoms with van der Waals surface area (Å²) in [7, 11) is 0. The summed E-state index contributed by atoms with van der Waals surface area (Å²) in [6.45, 7) is 1.12. The Morgan fingerprint density at radius 3 is 2.67 bits per heavy atom. The number of hydrogen-bond acceptors (Lipinski definition) is 4. The van der Waals surface area contributed by atoms with Gasteiger partial charge in [0.1, 0.15) is 11.4 Å². The standard InChI is InChI=1S/C12H10ClNO4/c1-6(15)10(11(16)17)12(18)5-14-9-3-2-7(13)4-8(9)12/h2-5,10,18H,1H3,(H,16,17). The zero-order valence-electron chi connectivity index (χ0n) is 9.42. The molecule has 5 nitrogen and oxygen atoms in total. The van der Waals surface area contributed by atoms with Crippen LogP contribution in [0.1, 0.15) is 12.5 Å². The number of rotatable bonds is 3. The van der Waals surface area contributed by atoms with Crippen molar-refractivity contribution in [3.05, 3.63) is 28.8 Å². The molecule has 2 rings (SSSR count). The molecule has 2 atom stereocenters. The van der Waals surface area contributed by atoms with E-state index in [0.717, 1.165) is 13.1 Å². The molecule has 1 aromatic carbocycles. The smallest absolute Gasteiger partial charge is 0.317 e. The van der Waals surface area contributed by atoms with E-state index in [-0.39, 0.29) is 5.56 Å². The van der Waals surface area contributed by atoms with Crippen LogP contribution in [0.4, 0.5) is 5.69 Å². The molecule has 0 fully saturated rings. The van der Waals surface area contributed by atoms with Gasteiger partial charge in [0.05, 0.1) is 5.69 Å². The molecule has 0 aromatic heterocycles. The highest BCUT2D eigenvalue weighted by Gasteiger charge is 2.48. The van der Waals surface area contributed by atoms with Crippen LogP contribution in [0, 0.1) is 5.92 Å². The normalized spacial score (nSPS) is 22.6. The molecule has 0 spiro atoms. The summed E-state index contributed by atoms with van der Waals surface area (Å²) in [5.41, 5.74) is -1.30. The molecule has 0 bridgehead atoms. The molecule has 0 aliphatic carbocycles. The first-order valence-corrected chi connectivity index (χ1v) is 5.55. The number of aliphatic carboxylic acids is 1. The van der Waals surface area contributed by atoms with Crippen LogP contribution >= 0.6 is 11.6 Å². The van der Waals surface area contributed by atoms with Crippen molar-refractivity contribution in [2.24, 2.45) is 10.9 Å². The predicted molar refractivity (Wildman–Crippen MR) is 65.3 cm³/mol. The number of carbonyl (C=O) groups is 2. The number of benzene rings is 1. The van der Waals surface area contributed by atoms with Gasteiger partial charge in [-0.25, -0.2) is 0 Å². The second-order valence-electron chi connectivity index (χ2n) is 4.13. The van der Waals surface area contributed by atoms with Crippen molar-refractivity contribution in [1.29, 1.82) is 0 Å². The maximum Gasteiger partial charge on any atom is 0.317 e. The predicted octanol–water partition coefficient (Wildman–Crippen LogP) is 1.53. The summed E-state index contributed by atoms with van der Waals surface area (Å²) >= 11 is 5.82. The average Bonchev–Trinajstić information content (AvgIpc) is 2.56. The van der Waals surface area contributed by atoms with Crippen LogP contribution in [0.3, 0.4) is 0 Å². The molecule has 1 heterocycles. The van der Waals surface area contributed by atoms with Crippen LogP contribution < -0.4 is 0 Å². The Bertz CT molecular complexity index is 555.